The molecule has 0 saturated carbocycles. The van der Waals surface area contributed by atoms with E-state index in [1.54, 1.807) is 6.92 Å². The van der Waals surface area contributed by atoms with E-state index in [2.05, 4.69) is 0 Å². The lowest BCUT2D eigenvalue weighted by Gasteiger charge is -2.22. The summed E-state index contributed by atoms with van der Waals surface area (Å²) in [7, 11) is 0. The maximum Gasteiger partial charge on any atom is 0.416 e. The lowest BCUT2D eigenvalue weighted by molar-refractivity contribution is -0.138. The Balaban J connectivity index is 0.00000324. The first kappa shape index (κ1) is 18.1. The Hall–Kier alpha value is -0.850. The molecule has 0 amide bonds. The van der Waals surface area contributed by atoms with Crippen LogP contribution in [-0.2, 0) is 6.18 Å². The lowest BCUT2D eigenvalue weighted by Crippen LogP contribution is -2.28. The summed E-state index contributed by atoms with van der Waals surface area (Å²) in [4.78, 5) is 0. The number of aliphatic hydroxyl groups is 1. The number of hydrogen-bond acceptors (Lipinski definition) is 2. The highest BCUT2D eigenvalue weighted by Gasteiger charge is 2.36. The van der Waals surface area contributed by atoms with Crippen molar-refractivity contribution < 1.29 is 22.7 Å². The molecule has 0 heterocycles. The van der Waals surface area contributed by atoms with Gasteiger partial charge in [-0.25, -0.2) is 4.39 Å². The molecule has 0 radical (unpaired) electrons. The maximum absolute atomic E-state index is 13.0. The standard InChI is InChI=1S/C12H15F4NO.ClH/c1-2-3-10(18)11(17)8-6-7(13)4-5-9(8)12(14,15)16;/h4-6,10-11,18H,2-3,17H2,1H3;1H/t10-,11+;/m1./s1. The van der Waals surface area contributed by atoms with Gasteiger partial charge in [0.25, 0.3) is 0 Å². The largest absolute Gasteiger partial charge is 0.416 e. The maximum atomic E-state index is 13.0. The molecule has 0 bridgehead atoms. The number of halogens is 5. The number of rotatable bonds is 4. The van der Waals surface area contributed by atoms with Crippen LogP contribution in [0.5, 0.6) is 0 Å². The number of aliphatic hydroxyl groups excluding tert-OH is 1. The van der Waals surface area contributed by atoms with Gasteiger partial charge in [-0.05, 0) is 30.2 Å². The molecule has 0 unspecified atom stereocenters. The van der Waals surface area contributed by atoms with Crippen LogP contribution in [0.25, 0.3) is 0 Å². The third-order valence-electron chi connectivity index (χ3n) is 2.68. The summed E-state index contributed by atoms with van der Waals surface area (Å²) in [5.74, 6) is -0.808. The van der Waals surface area contributed by atoms with Gasteiger partial charge in [-0.1, -0.05) is 13.3 Å². The van der Waals surface area contributed by atoms with Crippen molar-refractivity contribution >= 4 is 12.4 Å². The van der Waals surface area contributed by atoms with Crippen molar-refractivity contribution in [2.75, 3.05) is 0 Å². The minimum absolute atomic E-state index is 0. The molecule has 2 atom stereocenters. The molecule has 1 aromatic carbocycles. The fourth-order valence-electron chi connectivity index (χ4n) is 1.75. The fraction of sp³-hybridized carbons (Fsp3) is 0.500. The second-order valence-corrected chi connectivity index (χ2v) is 4.11. The van der Waals surface area contributed by atoms with Crippen LogP contribution < -0.4 is 5.73 Å². The van der Waals surface area contributed by atoms with Crippen molar-refractivity contribution in [1.29, 1.82) is 0 Å². The molecule has 3 N–H and O–H groups in total. The van der Waals surface area contributed by atoms with Gasteiger partial charge in [0.2, 0.25) is 0 Å². The normalized spacial score (nSPS) is 14.7. The van der Waals surface area contributed by atoms with E-state index in [0.29, 0.717) is 12.5 Å². The van der Waals surface area contributed by atoms with Crippen LogP contribution in [0.1, 0.15) is 36.9 Å². The Morgan fingerprint density at radius 2 is 1.89 bits per heavy atom. The SMILES string of the molecule is CCC[C@@H](O)[C@@H](N)c1cc(F)ccc1C(F)(F)F.Cl. The van der Waals surface area contributed by atoms with Crippen molar-refractivity contribution in [3.8, 4) is 0 Å². The van der Waals surface area contributed by atoms with Crippen molar-refractivity contribution in [2.24, 2.45) is 5.73 Å². The van der Waals surface area contributed by atoms with Crippen LogP contribution in [-0.4, -0.2) is 11.2 Å². The van der Waals surface area contributed by atoms with Gasteiger partial charge in [-0.3, -0.25) is 0 Å². The van der Waals surface area contributed by atoms with Gasteiger partial charge < -0.3 is 10.8 Å². The van der Waals surface area contributed by atoms with Crippen molar-refractivity contribution in [3.05, 3.63) is 35.1 Å². The molecule has 0 aliphatic carbocycles. The van der Waals surface area contributed by atoms with Gasteiger partial charge >= 0.3 is 6.18 Å². The lowest BCUT2D eigenvalue weighted by atomic mass is 9.94. The predicted molar refractivity (Wildman–Crippen MR) is 66.5 cm³/mol. The first-order valence-electron chi connectivity index (χ1n) is 5.57. The molecule has 0 saturated heterocycles. The van der Waals surface area contributed by atoms with Crippen molar-refractivity contribution in [2.45, 2.75) is 38.1 Å². The zero-order chi connectivity index (χ0) is 13.9. The van der Waals surface area contributed by atoms with Gasteiger partial charge in [0.05, 0.1) is 17.7 Å². The number of benzene rings is 1. The van der Waals surface area contributed by atoms with Crippen LogP contribution in [0.15, 0.2) is 18.2 Å². The van der Waals surface area contributed by atoms with Crippen LogP contribution in [0.3, 0.4) is 0 Å². The average Bonchev–Trinajstić information content (AvgIpc) is 2.26. The van der Waals surface area contributed by atoms with E-state index >= 15 is 0 Å². The monoisotopic (exact) mass is 301 g/mol. The Kier molecular flexibility index (Phi) is 6.76. The molecular formula is C12H16ClF4NO. The summed E-state index contributed by atoms with van der Waals surface area (Å²) < 4.78 is 51.2. The molecule has 0 aliphatic heterocycles. The van der Waals surface area contributed by atoms with E-state index < -0.39 is 35.3 Å². The molecule has 0 fully saturated rings. The quantitative estimate of drug-likeness (QED) is 0.837. The Labute approximate surface area is 115 Å². The molecule has 19 heavy (non-hydrogen) atoms. The molecule has 1 aromatic rings. The molecule has 0 aliphatic rings. The number of nitrogens with two attached hydrogens (primary N) is 1. The molecule has 2 nitrogen and oxygen atoms in total. The van der Waals surface area contributed by atoms with E-state index in [1.807, 2.05) is 0 Å². The van der Waals surface area contributed by atoms with Gasteiger partial charge in [-0.15, -0.1) is 12.4 Å². The minimum atomic E-state index is -4.62. The molecule has 110 valence electrons. The van der Waals surface area contributed by atoms with E-state index in [4.69, 9.17) is 5.73 Å². The van der Waals surface area contributed by atoms with Crippen molar-refractivity contribution in [1.82, 2.24) is 0 Å². The second-order valence-electron chi connectivity index (χ2n) is 4.11. The Morgan fingerprint density at radius 3 is 2.37 bits per heavy atom. The van der Waals surface area contributed by atoms with Gasteiger partial charge in [0.1, 0.15) is 5.82 Å². The van der Waals surface area contributed by atoms with Crippen LogP contribution in [0, 0.1) is 5.82 Å². The highest BCUT2D eigenvalue weighted by atomic mass is 35.5. The van der Waals surface area contributed by atoms with Gasteiger partial charge in [-0.2, -0.15) is 13.2 Å². The van der Waals surface area contributed by atoms with E-state index in [1.165, 1.54) is 0 Å². The average molecular weight is 302 g/mol. The summed E-state index contributed by atoms with van der Waals surface area (Å²) in [6.07, 6.45) is -4.91. The first-order chi connectivity index (χ1) is 8.27. The topological polar surface area (TPSA) is 46.2 Å². The number of hydrogen-bond donors (Lipinski definition) is 2. The predicted octanol–water partition coefficient (Wildman–Crippen LogP) is 3.43. The van der Waals surface area contributed by atoms with Crippen LogP contribution >= 0.6 is 12.4 Å². The summed E-state index contributed by atoms with van der Waals surface area (Å²) in [5.41, 5.74) is 4.15. The highest BCUT2D eigenvalue weighted by molar-refractivity contribution is 5.85. The second kappa shape index (κ2) is 7.07. The molecule has 7 heteroatoms. The van der Waals surface area contributed by atoms with Crippen LogP contribution in [0.4, 0.5) is 17.6 Å². The summed E-state index contributed by atoms with van der Waals surface area (Å²) >= 11 is 0. The zero-order valence-electron chi connectivity index (χ0n) is 10.2. The van der Waals surface area contributed by atoms with Crippen molar-refractivity contribution in [3.63, 3.8) is 0 Å². The Bertz CT molecular complexity index is 411. The highest BCUT2D eigenvalue weighted by Crippen LogP contribution is 2.35. The first-order valence-corrected chi connectivity index (χ1v) is 5.57. The molecule has 0 spiro atoms. The van der Waals surface area contributed by atoms with Gasteiger partial charge in [0.15, 0.2) is 0 Å². The summed E-state index contributed by atoms with van der Waals surface area (Å²) in [5, 5.41) is 9.64. The molecular weight excluding hydrogens is 286 g/mol. The molecule has 0 aromatic heterocycles. The van der Waals surface area contributed by atoms with Gasteiger partial charge in [0, 0.05) is 0 Å². The van der Waals surface area contributed by atoms with E-state index in [9.17, 15) is 22.7 Å². The molecule has 1 rings (SSSR count). The third-order valence-corrected chi connectivity index (χ3v) is 2.68. The van der Waals surface area contributed by atoms with E-state index in [-0.39, 0.29) is 18.8 Å². The summed E-state index contributed by atoms with van der Waals surface area (Å²) in [6, 6.07) is 0.846. The zero-order valence-corrected chi connectivity index (χ0v) is 11.1. The van der Waals surface area contributed by atoms with E-state index in [0.717, 1.165) is 12.1 Å². The smallest absolute Gasteiger partial charge is 0.391 e. The fourth-order valence-corrected chi connectivity index (χ4v) is 1.75. The third kappa shape index (κ3) is 4.63. The Morgan fingerprint density at radius 1 is 1.32 bits per heavy atom. The van der Waals surface area contributed by atoms with Crippen LogP contribution in [0.2, 0.25) is 0 Å². The number of alkyl halides is 3. The minimum Gasteiger partial charge on any atom is -0.391 e. The summed E-state index contributed by atoms with van der Waals surface area (Å²) in [6.45, 7) is 1.77.